The van der Waals surface area contributed by atoms with Crippen molar-refractivity contribution in [3.63, 3.8) is 0 Å². The predicted molar refractivity (Wildman–Crippen MR) is 125 cm³/mol. The van der Waals surface area contributed by atoms with Crippen molar-refractivity contribution in [2.24, 2.45) is 0 Å². The zero-order valence-electron chi connectivity index (χ0n) is 19.1. The number of benzene rings is 3. The number of carbonyl (C=O) groups excluding carboxylic acids is 1. The molecule has 1 N–H and O–H groups in total. The van der Waals surface area contributed by atoms with Crippen molar-refractivity contribution < 1.29 is 23.5 Å². The van der Waals surface area contributed by atoms with Gasteiger partial charge in [0.05, 0.1) is 25.5 Å². The predicted octanol–water partition coefficient (Wildman–Crippen LogP) is 4.97. The third-order valence-corrected chi connectivity index (χ3v) is 5.62. The Morgan fingerprint density at radius 1 is 0.939 bits per heavy atom. The molecule has 1 aromatic heterocycles. The fourth-order valence-corrected chi connectivity index (χ4v) is 3.75. The van der Waals surface area contributed by atoms with E-state index in [1.54, 1.807) is 32.4 Å². The Balaban J connectivity index is 1.50. The molecular weight excluding hydrogens is 420 g/mol. The summed E-state index contributed by atoms with van der Waals surface area (Å²) in [5.41, 5.74) is 3.07. The first-order chi connectivity index (χ1) is 16.0. The van der Waals surface area contributed by atoms with Crippen molar-refractivity contribution in [1.82, 2.24) is 10.5 Å². The Kier molecular flexibility index (Phi) is 6.49. The third kappa shape index (κ3) is 4.62. The number of rotatable bonds is 8. The number of fused-ring (bicyclic) bond motifs is 1. The number of amides is 1. The van der Waals surface area contributed by atoms with E-state index in [-0.39, 0.29) is 5.91 Å². The number of nitrogens with one attached hydrogen (secondary N) is 1. The van der Waals surface area contributed by atoms with Crippen LogP contribution >= 0.6 is 0 Å². The summed E-state index contributed by atoms with van der Waals surface area (Å²) in [5, 5.41) is 9.05. The Morgan fingerprint density at radius 3 is 2.42 bits per heavy atom. The van der Waals surface area contributed by atoms with Crippen molar-refractivity contribution in [3.8, 4) is 17.2 Å². The molecule has 1 heterocycles. The summed E-state index contributed by atoms with van der Waals surface area (Å²) in [5.74, 6) is 2.23. The Bertz CT molecular complexity index is 1280. The van der Waals surface area contributed by atoms with Gasteiger partial charge in [0.2, 0.25) is 0 Å². The van der Waals surface area contributed by atoms with Crippen LogP contribution in [0.3, 0.4) is 0 Å². The summed E-state index contributed by atoms with van der Waals surface area (Å²) in [4.78, 5) is 12.9. The topological polar surface area (TPSA) is 82.8 Å². The summed E-state index contributed by atoms with van der Waals surface area (Å²) in [6.07, 6.45) is 0. The van der Waals surface area contributed by atoms with Crippen molar-refractivity contribution in [1.29, 1.82) is 0 Å². The fourth-order valence-electron chi connectivity index (χ4n) is 3.75. The maximum Gasteiger partial charge on any atom is 0.251 e. The number of carbonyl (C=O) groups is 1. The molecule has 0 saturated heterocycles. The van der Waals surface area contributed by atoms with E-state index in [2.05, 4.69) is 10.5 Å². The molecular formula is C26H26N2O5. The number of ether oxygens (including phenoxy) is 3. The van der Waals surface area contributed by atoms with Crippen LogP contribution in [0.4, 0.5) is 0 Å². The smallest absolute Gasteiger partial charge is 0.251 e. The van der Waals surface area contributed by atoms with E-state index in [0.717, 1.165) is 33.3 Å². The van der Waals surface area contributed by atoms with Crippen LogP contribution < -0.4 is 19.5 Å². The molecule has 0 spiro atoms. The van der Waals surface area contributed by atoms with E-state index >= 15 is 0 Å². The minimum atomic E-state index is -0.222. The molecule has 0 aliphatic heterocycles. The van der Waals surface area contributed by atoms with Crippen LogP contribution in [-0.4, -0.2) is 25.3 Å². The lowest BCUT2D eigenvalue weighted by Crippen LogP contribution is -2.23. The highest BCUT2D eigenvalue weighted by molar-refractivity contribution is 5.95. The monoisotopic (exact) mass is 446 g/mol. The van der Waals surface area contributed by atoms with Gasteiger partial charge in [0.15, 0.2) is 11.5 Å². The van der Waals surface area contributed by atoms with Crippen molar-refractivity contribution >= 4 is 16.7 Å². The number of nitrogens with zero attached hydrogens (tertiary/aromatic N) is 1. The van der Waals surface area contributed by atoms with Gasteiger partial charge in [-0.2, -0.15) is 0 Å². The second kappa shape index (κ2) is 9.65. The van der Waals surface area contributed by atoms with Crippen LogP contribution in [-0.2, 0) is 13.2 Å². The van der Waals surface area contributed by atoms with Gasteiger partial charge < -0.3 is 24.1 Å². The molecule has 4 rings (SSSR count). The number of methoxy groups -OCH3 is 2. The van der Waals surface area contributed by atoms with Gasteiger partial charge >= 0.3 is 0 Å². The summed E-state index contributed by atoms with van der Waals surface area (Å²) in [6.45, 7) is 4.33. The normalized spacial score (nSPS) is 10.8. The van der Waals surface area contributed by atoms with Crippen LogP contribution in [0.5, 0.6) is 17.2 Å². The first-order valence-corrected chi connectivity index (χ1v) is 10.6. The van der Waals surface area contributed by atoms with Gasteiger partial charge in [0, 0.05) is 17.7 Å². The van der Waals surface area contributed by atoms with Gasteiger partial charge in [-0.1, -0.05) is 35.5 Å². The SMILES string of the molecule is COc1cc(C(=O)NCc2c(OC)ccc3ccccc23)ccc1OCc1c(C)noc1C. The molecule has 0 fully saturated rings. The maximum atomic E-state index is 12.9. The molecule has 0 bridgehead atoms. The quantitative estimate of drug-likeness (QED) is 0.411. The third-order valence-electron chi connectivity index (χ3n) is 5.62. The summed E-state index contributed by atoms with van der Waals surface area (Å²) < 4.78 is 22.1. The standard InChI is InChI=1S/C26H26N2O5/c1-16-22(17(2)33-28-16)15-32-24-12-10-19(13-25(24)31-4)26(29)27-14-21-20-8-6-5-7-18(20)9-11-23(21)30-3/h5-13H,14-15H2,1-4H3,(H,27,29). The summed E-state index contributed by atoms with van der Waals surface area (Å²) >= 11 is 0. The molecule has 1 amide bonds. The highest BCUT2D eigenvalue weighted by atomic mass is 16.5. The maximum absolute atomic E-state index is 12.9. The second-order valence-corrected chi connectivity index (χ2v) is 7.61. The Labute approximate surface area is 192 Å². The molecule has 7 heteroatoms. The molecule has 0 unspecified atom stereocenters. The van der Waals surface area contributed by atoms with Crippen molar-refractivity contribution in [3.05, 3.63) is 82.7 Å². The lowest BCUT2D eigenvalue weighted by Gasteiger charge is -2.14. The van der Waals surface area contributed by atoms with E-state index in [4.69, 9.17) is 18.7 Å². The highest BCUT2D eigenvalue weighted by Crippen LogP contribution is 2.30. The number of aryl methyl sites for hydroxylation is 2. The zero-order chi connectivity index (χ0) is 23.4. The van der Waals surface area contributed by atoms with Gasteiger partial charge in [-0.05, 0) is 48.9 Å². The molecule has 0 radical (unpaired) electrons. The van der Waals surface area contributed by atoms with E-state index in [1.165, 1.54) is 0 Å². The summed E-state index contributed by atoms with van der Waals surface area (Å²) in [6, 6.07) is 17.0. The minimum Gasteiger partial charge on any atom is -0.496 e. The number of hydrogen-bond donors (Lipinski definition) is 1. The molecule has 33 heavy (non-hydrogen) atoms. The largest absolute Gasteiger partial charge is 0.496 e. The lowest BCUT2D eigenvalue weighted by molar-refractivity contribution is 0.0950. The molecule has 170 valence electrons. The molecule has 0 atom stereocenters. The molecule has 0 saturated carbocycles. The zero-order valence-corrected chi connectivity index (χ0v) is 19.1. The molecule has 0 aliphatic rings. The summed E-state index contributed by atoms with van der Waals surface area (Å²) in [7, 11) is 3.17. The van der Waals surface area contributed by atoms with Crippen LogP contribution in [0.15, 0.2) is 59.1 Å². The Morgan fingerprint density at radius 2 is 1.70 bits per heavy atom. The van der Waals surface area contributed by atoms with Gasteiger partial charge in [-0.15, -0.1) is 0 Å². The average molecular weight is 447 g/mol. The van der Waals surface area contributed by atoms with Gasteiger partial charge in [-0.25, -0.2) is 0 Å². The molecule has 3 aromatic carbocycles. The van der Waals surface area contributed by atoms with Gasteiger partial charge in [-0.3, -0.25) is 4.79 Å². The molecule has 7 nitrogen and oxygen atoms in total. The minimum absolute atomic E-state index is 0.222. The first kappa shape index (κ1) is 22.2. The van der Waals surface area contributed by atoms with Crippen molar-refractivity contribution in [2.75, 3.05) is 14.2 Å². The van der Waals surface area contributed by atoms with Crippen LogP contribution in [0.25, 0.3) is 10.8 Å². The fraction of sp³-hybridized carbons (Fsp3) is 0.231. The molecule has 0 aliphatic carbocycles. The van der Waals surface area contributed by atoms with Gasteiger partial charge in [0.25, 0.3) is 5.91 Å². The van der Waals surface area contributed by atoms with E-state index in [9.17, 15) is 4.79 Å². The van der Waals surface area contributed by atoms with E-state index in [1.807, 2.05) is 50.2 Å². The number of aromatic nitrogens is 1. The van der Waals surface area contributed by atoms with Crippen LogP contribution in [0, 0.1) is 13.8 Å². The van der Waals surface area contributed by atoms with Crippen molar-refractivity contribution in [2.45, 2.75) is 27.0 Å². The lowest BCUT2D eigenvalue weighted by atomic mass is 10.0. The highest BCUT2D eigenvalue weighted by Gasteiger charge is 2.15. The second-order valence-electron chi connectivity index (χ2n) is 7.61. The number of hydrogen-bond acceptors (Lipinski definition) is 6. The van der Waals surface area contributed by atoms with E-state index < -0.39 is 0 Å². The van der Waals surface area contributed by atoms with Crippen LogP contribution in [0.1, 0.15) is 32.9 Å². The average Bonchev–Trinajstić information content (AvgIpc) is 3.17. The Hall–Kier alpha value is -4.00. The van der Waals surface area contributed by atoms with Crippen LogP contribution in [0.2, 0.25) is 0 Å². The van der Waals surface area contributed by atoms with E-state index in [0.29, 0.717) is 36.0 Å². The molecule has 4 aromatic rings. The first-order valence-electron chi connectivity index (χ1n) is 10.6. The van der Waals surface area contributed by atoms with Gasteiger partial charge in [0.1, 0.15) is 18.1 Å².